The molecule has 1 aliphatic heterocycles. The number of aromatic nitrogens is 4. The molecule has 1 amide bonds. The summed E-state index contributed by atoms with van der Waals surface area (Å²) in [6.07, 6.45) is 8.72. The zero-order chi connectivity index (χ0) is 34.5. The summed E-state index contributed by atoms with van der Waals surface area (Å²) in [6, 6.07) is 16.4. The maximum Gasteiger partial charge on any atom is 0.264 e. The van der Waals surface area contributed by atoms with Crippen molar-refractivity contribution >= 4 is 27.7 Å². The van der Waals surface area contributed by atoms with Crippen molar-refractivity contribution in [3.8, 4) is 11.3 Å². The summed E-state index contributed by atoms with van der Waals surface area (Å²) in [6.45, 7) is 8.55. The molecule has 256 valence electrons. The Hall–Kier alpha value is -4.38. The van der Waals surface area contributed by atoms with Crippen LogP contribution in [-0.4, -0.2) is 58.3 Å². The lowest BCUT2D eigenvalue weighted by molar-refractivity contribution is 0.0618. The van der Waals surface area contributed by atoms with Crippen LogP contribution in [0.1, 0.15) is 85.4 Å². The van der Waals surface area contributed by atoms with Gasteiger partial charge in [-0.15, -0.1) is 0 Å². The predicted octanol–water partition coefficient (Wildman–Crippen LogP) is 6.73. The van der Waals surface area contributed by atoms with Crippen molar-refractivity contribution in [2.75, 3.05) is 16.7 Å². The molecular weight excluding hydrogens is 635 g/mol. The Labute approximate surface area is 289 Å². The molecular formula is C38H45N7O3S. The van der Waals surface area contributed by atoms with E-state index in [0.717, 1.165) is 28.9 Å². The molecule has 2 saturated carbocycles. The summed E-state index contributed by atoms with van der Waals surface area (Å²) in [7, 11) is -2.01. The van der Waals surface area contributed by atoms with Gasteiger partial charge in [0.1, 0.15) is 11.6 Å². The van der Waals surface area contributed by atoms with Gasteiger partial charge in [0.25, 0.3) is 15.9 Å². The molecule has 3 heterocycles. The first-order valence-corrected chi connectivity index (χ1v) is 18.8. The molecule has 2 aromatic carbocycles. The van der Waals surface area contributed by atoms with Gasteiger partial charge in [0.15, 0.2) is 0 Å². The minimum Gasteiger partial charge on any atom is -0.357 e. The van der Waals surface area contributed by atoms with Crippen molar-refractivity contribution in [1.82, 2.24) is 24.8 Å². The van der Waals surface area contributed by atoms with Crippen LogP contribution in [0.25, 0.3) is 11.3 Å². The second-order valence-corrected chi connectivity index (χ2v) is 16.4. The normalized spacial score (nSPS) is 19.8. The van der Waals surface area contributed by atoms with Crippen molar-refractivity contribution in [3.05, 3.63) is 89.0 Å². The van der Waals surface area contributed by atoms with Crippen molar-refractivity contribution in [1.29, 1.82) is 0 Å². The Balaban J connectivity index is 1.28. The third kappa shape index (κ3) is 6.90. The zero-order valence-electron chi connectivity index (χ0n) is 29.0. The number of hydrogen-bond acceptors (Lipinski definition) is 8. The summed E-state index contributed by atoms with van der Waals surface area (Å²) in [4.78, 5) is 37.5. The van der Waals surface area contributed by atoms with Gasteiger partial charge in [-0.25, -0.2) is 33.1 Å². The highest BCUT2D eigenvalue weighted by molar-refractivity contribution is 7.92. The molecule has 10 nitrogen and oxygen atoms in total. The molecule has 2 aliphatic carbocycles. The lowest BCUT2D eigenvalue weighted by Gasteiger charge is -2.42. The Kier molecular flexibility index (Phi) is 8.67. The van der Waals surface area contributed by atoms with Crippen LogP contribution in [-0.2, 0) is 23.0 Å². The summed E-state index contributed by atoms with van der Waals surface area (Å²) in [5, 5.41) is 0. The third-order valence-corrected chi connectivity index (χ3v) is 11.8. The molecule has 1 N–H and O–H groups in total. The fourth-order valence-corrected chi connectivity index (χ4v) is 8.57. The lowest BCUT2D eigenvalue weighted by atomic mass is 9.76. The van der Waals surface area contributed by atoms with Crippen molar-refractivity contribution in [2.24, 2.45) is 11.3 Å². The standard InChI is InChI=1S/C38H45N7O3S/c1-24(2)18-29-13-12-28-20-32(35-25(3)8-6-9-26(35)4)41-37(40-28)43-49(47,48)31-11-7-10-27(19-31)36(46)45(29)23-33-39-17-14-34(42-33)44(5)30-21-38(22-30)15-16-38/h6-11,14,17,19-20,24,29-30H,12-13,15-16,18,21-23H2,1-5H3,(H,40,41,43)/t29-/m0/s1. The molecule has 0 unspecified atom stereocenters. The molecule has 2 fully saturated rings. The van der Waals surface area contributed by atoms with Crippen LogP contribution in [0.5, 0.6) is 0 Å². The number of nitrogens with one attached hydrogen (secondary N) is 1. The number of benzene rings is 2. The molecule has 1 spiro atoms. The minimum absolute atomic E-state index is 0.0109. The smallest absolute Gasteiger partial charge is 0.264 e. The Morgan fingerprint density at radius 1 is 1.00 bits per heavy atom. The van der Waals surface area contributed by atoms with Crippen LogP contribution in [0.2, 0.25) is 0 Å². The molecule has 1 atom stereocenters. The van der Waals surface area contributed by atoms with Crippen LogP contribution in [0.15, 0.2) is 65.7 Å². The molecule has 11 heteroatoms. The molecule has 0 saturated heterocycles. The van der Waals surface area contributed by atoms with Crippen LogP contribution in [0, 0.1) is 25.2 Å². The highest BCUT2D eigenvalue weighted by Gasteiger charge is 2.54. The van der Waals surface area contributed by atoms with E-state index in [1.54, 1.807) is 18.3 Å². The Morgan fingerprint density at radius 2 is 1.73 bits per heavy atom. The first-order valence-electron chi connectivity index (χ1n) is 17.3. The molecule has 4 aromatic rings. The van der Waals surface area contributed by atoms with E-state index in [4.69, 9.17) is 15.0 Å². The first-order chi connectivity index (χ1) is 23.4. The zero-order valence-corrected chi connectivity index (χ0v) is 29.8. The van der Waals surface area contributed by atoms with E-state index in [9.17, 15) is 13.2 Å². The quantitative estimate of drug-likeness (QED) is 0.228. The second-order valence-electron chi connectivity index (χ2n) is 14.7. The maximum absolute atomic E-state index is 14.5. The van der Waals surface area contributed by atoms with Crippen LogP contribution < -0.4 is 9.62 Å². The number of anilines is 2. The van der Waals surface area contributed by atoms with E-state index in [0.29, 0.717) is 47.4 Å². The minimum atomic E-state index is -4.11. The summed E-state index contributed by atoms with van der Waals surface area (Å²) in [5.74, 6) is 1.46. The number of sulfonamides is 1. The van der Waals surface area contributed by atoms with E-state index in [2.05, 4.69) is 35.5 Å². The van der Waals surface area contributed by atoms with Gasteiger partial charge in [0, 0.05) is 42.1 Å². The molecule has 49 heavy (non-hydrogen) atoms. The summed E-state index contributed by atoms with van der Waals surface area (Å²) in [5.41, 5.74) is 5.24. The second kappa shape index (κ2) is 12.8. The van der Waals surface area contributed by atoms with E-state index in [1.165, 1.54) is 37.8 Å². The topological polar surface area (TPSA) is 121 Å². The predicted molar refractivity (Wildman–Crippen MR) is 191 cm³/mol. The highest BCUT2D eigenvalue weighted by atomic mass is 32.2. The van der Waals surface area contributed by atoms with E-state index < -0.39 is 10.0 Å². The number of nitrogens with zero attached hydrogens (tertiary/aromatic N) is 6. The largest absolute Gasteiger partial charge is 0.357 e. The third-order valence-electron chi connectivity index (χ3n) is 10.5. The van der Waals surface area contributed by atoms with Gasteiger partial charge in [0.2, 0.25) is 5.95 Å². The fourth-order valence-electron chi connectivity index (χ4n) is 7.58. The number of carbonyl (C=O) groups is 1. The van der Waals surface area contributed by atoms with Gasteiger partial charge in [-0.05, 0) is 112 Å². The average molecular weight is 680 g/mol. The number of amides is 1. The van der Waals surface area contributed by atoms with E-state index >= 15 is 0 Å². The SMILES string of the molecule is Cc1cccc(C)c1-c1cc2nc(n1)NS(=O)(=O)c1cccc(c1)C(=O)N(Cc1nccc(N(C)C3CC4(CC4)C3)n1)[C@H](CC(C)C)CC2. The first kappa shape index (κ1) is 33.1. The van der Waals surface area contributed by atoms with Gasteiger partial charge < -0.3 is 9.80 Å². The van der Waals surface area contributed by atoms with Crippen LogP contribution >= 0.6 is 0 Å². The van der Waals surface area contributed by atoms with Crippen molar-refractivity contribution in [3.63, 3.8) is 0 Å². The van der Waals surface area contributed by atoms with Crippen molar-refractivity contribution in [2.45, 2.75) is 96.2 Å². The monoisotopic (exact) mass is 679 g/mol. The van der Waals surface area contributed by atoms with Gasteiger partial charge in [-0.1, -0.05) is 38.1 Å². The van der Waals surface area contributed by atoms with Gasteiger partial charge >= 0.3 is 0 Å². The summed E-state index contributed by atoms with van der Waals surface area (Å²) >= 11 is 0. The lowest BCUT2D eigenvalue weighted by Crippen LogP contribution is -2.44. The number of aryl methyl sites for hydroxylation is 3. The maximum atomic E-state index is 14.5. The van der Waals surface area contributed by atoms with Crippen LogP contribution in [0.4, 0.5) is 11.8 Å². The fraction of sp³-hybridized carbons (Fsp3) is 0.447. The van der Waals surface area contributed by atoms with Gasteiger partial charge in [-0.2, -0.15) is 0 Å². The van der Waals surface area contributed by atoms with Gasteiger partial charge in [-0.3, -0.25) is 4.79 Å². The van der Waals surface area contributed by atoms with E-state index in [1.807, 2.05) is 49.1 Å². The number of fused-ring (bicyclic) bond motifs is 4. The number of hydrogen-bond donors (Lipinski definition) is 1. The molecule has 2 aromatic heterocycles. The van der Waals surface area contributed by atoms with Crippen LogP contribution in [0.3, 0.4) is 0 Å². The Bertz CT molecular complexity index is 1980. The van der Waals surface area contributed by atoms with Gasteiger partial charge in [0.05, 0.1) is 17.1 Å². The molecule has 7 rings (SSSR count). The van der Waals surface area contributed by atoms with E-state index in [-0.39, 0.29) is 34.9 Å². The molecule has 3 aliphatic rings. The Morgan fingerprint density at radius 3 is 2.45 bits per heavy atom. The summed E-state index contributed by atoms with van der Waals surface area (Å²) < 4.78 is 30.1. The highest BCUT2D eigenvalue weighted by Crippen LogP contribution is 2.61. The number of rotatable bonds is 7. The molecule has 4 bridgehead atoms. The molecule has 0 radical (unpaired) electrons. The number of carbonyl (C=O) groups excluding carboxylic acids is 1. The van der Waals surface area contributed by atoms with Crippen molar-refractivity contribution < 1.29 is 13.2 Å². The average Bonchev–Trinajstić information content (AvgIpc) is 3.85.